The van der Waals surface area contributed by atoms with Crippen molar-refractivity contribution >= 4 is 0 Å². The lowest BCUT2D eigenvalue weighted by Gasteiger charge is -2.20. The number of nitrogens with two attached hydrogens (primary N) is 1. The summed E-state index contributed by atoms with van der Waals surface area (Å²) >= 11 is 0. The Morgan fingerprint density at radius 1 is 1.12 bits per heavy atom. The first kappa shape index (κ1) is 29.1. The van der Waals surface area contributed by atoms with E-state index in [0.29, 0.717) is 18.8 Å². The summed E-state index contributed by atoms with van der Waals surface area (Å²) in [6.45, 7) is 15.1. The highest BCUT2D eigenvalue weighted by molar-refractivity contribution is 5.53. The van der Waals surface area contributed by atoms with Gasteiger partial charge < -0.3 is 20.3 Å². The second-order valence-electron chi connectivity index (χ2n) is 7.83. The fraction of sp³-hybridized carbons (Fsp3) is 0.400. The predicted molar refractivity (Wildman–Crippen MR) is 145 cm³/mol. The first-order chi connectivity index (χ1) is 16.5. The van der Waals surface area contributed by atoms with E-state index in [1.807, 2.05) is 69.3 Å². The Balaban J connectivity index is 0.00000281. The molecule has 0 fully saturated rings. The Bertz CT molecular complexity index is 931. The van der Waals surface area contributed by atoms with Crippen molar-refractivity contribution in [3.63, 3.8) is 0 Å². The lowest BCUT2D eigenvalue weighted by molar-refractivity contribution is 0.264. The fourth-order valence-electron chi connectivity index (χ4n) is 3.57. The molecule has 0 saturated heterocycles. The van der Waals surface area contributed by atoms with Crippen LogP contribution < -0.4 is 15.2 Å². The number of hydrogen-bond acceptors (Lipinski definition) is 4. The minimum absolute atomic E-state index is 0.221. The number of ether oxygens (including phenoxy) is 2. The van der Waals surface area contributed by atoms with E-state index in [9.17, 15) is 5.11 Å². The van der Waals surface area contributed by atoms with Crippen LogP contribution in [0, 0.1) is 6.92 Å². The third-order valence-electron chi connectivity index (χ3n) is 5.19. The molecule has 0 heterocycles. The van der Waals surface area contributed by atoms with Crippen molar-refractivity contribution in [3.05, 3.63) is 89.5 Å². The summed E-state index contributed by atoms with van der Waals surface area (Å²) in [7, 11) is 0. The van der Waals surface area contributed by atoms with Crippen molar-refractivity contribution in [2.45, 2.75) is 66.3 Å². The van der Waals surface area contributed by atoms with Gasteiger partial charge in [-0.15, -0.1) is 0 Å². The van der Waals surface area contributed by atoms with Crippen molar-refractivity contribution in [2.75, 3.05) is 13.2 Å². The number of aryl methyl sites for hydroxylation is 1. The number of hydrogen-bond donors (Lipinski definition) is 2. The molecule has 2 aromatic rings. The minimum Gasteiger partial charge on any atom is -0.507 e. The molecule has 0 bridgehead atoms. The zero-order chi connectivity index (χ0) is 25.3. The van der Waals surface area contributed by atoms with Crippen molar-refractivity contribution in [1.82, 2.24) is 0 Å². The van der Waals surface area contributed by atoms with Gasteiger partial charge in [-0.1, -0.05) is 70.2 Å². The van der Waals surface area contributed by atoms with E-state index in [-0.39, 0.29) is 5.75 Å². The third-order valence-corrected chi connectivity index (χ3v) is 5.19. The van der Waals surface area contributed by atoms with E-state index in [1.54, 1.807) is 6.08 Å². The highest BCUT2D eigenvalue weighted by Crippen LogP contribution is 2.37. The summed E-state index contributed by atoms with van der Waals surface area (Å²) in [6.07, 6.45) is 10.8. The number of rotatable bonds is 13. The molecule has 0 saturated carbocycles. The molecular formula is C30H43NO3. The molecule has 0 aliphatic rings. The summed E-state index contributed by atoms with van der Waals surface area (Å²) in [5, 5.41) is 11.0. The molecule has 2 aromatic carbocycles. The third kappa shape index (κ3) is 9.11. The second-order valence-corrected chi connectivity index (χ2v) is 7.83. The van der Waals surface area contributed by atoms with Crippen LogP contribution in [0.5, 0.6) is 17.2 Å². The van der Waals surface area contributed by atoms with Crippen LogP contribution in [0.1, 0.15) is 69.7 Å². The van der Waals surface area contributed by atoms with Crippen molar-refractivity contribution < 1.29 is 14.6 Å². The van der Waals surface area contributed by atoms with Crippen LogP contribution in [0.3, 0.4) is 0 Å². The molecule has 0 amide bonds. The van der Waals surface area contributed by atoms with E-state index < -0.39 is 6.04 Å². The highest BCUT2D eigenvalue weighted by atomic mass is 16.5. The Morgan fingerprint density at radius 3 is 2.44 bits per heavy atom. The van der Waals surface area contributed by atoms with Gasteiger partial charge in [-0.25, -0.2) is 0 Å². The van der Waals surface area contributed by atoms with Crippen LogP contribution in [0.4, 0.5) is 0 Å². The van der Waals surface area contributed by atoms with Crippen LogP contribution >= 0.6 is 0 Å². The zero-order valence-corrected chi connectivity index (χ0v) is 21.6. The standard InChI is InChI=1S/C28H37NO3.C2H6/c1-5-11-22(12-6-2)27(29)25-16-17-26(24(13-7-3)28(25)30)32-19-9-8-18-31-23-15-10-14-21(4)20-23;1-2/h5-6,10-12,14-17,20,27,30H,1,7-9,13,18-19,29H2,2-4H3;1-2H3/b12-6-,22-11+;. The van der Waals surface area contributed by atoms with Crippen molar-refractivity contribution in [1.29, 1.82) is 0 Å². The number of allylic oxidation sites excluding steroid dienone is 3. The maximum Gasteiger partial charge on any atom is 0.127 e. The van der Waals surface area contributed by atoms with E-state index >= 15 is 0 Å². The van der Waals surface area contributed by atoms with Crippen LogP contribution in [-0.2, 0) is 6.42 Å². The molecule has 0 spiro atoms. The first-order valence-electron chi connectivity index (χ1n) is 12.4. The number of phenols is 1. The van der Waals surface area contributed by atoms with E-state index in [4.69, 9.17) is 15.2 Å². The molecule has 0 radical (unpaired) electrons. The quantitative estimate of drug-likeness (QED) is 0.236. The molecule has 34 heavy (non-hydrogen) atoms. The Labute approximate surface area is 206 Å². The van der Waals surface area contributed by atoms with Gasteiger partial charge >= 0.3 is 0 Å². The molecular weight excluding hydrogens is 422 g/mol. The average Bonchev–Trinajstić information content (AvgIpc) is 2.84. The molecule has 0 aromatic heterocycles. The van der Waals surface area contributed by atoms with Gasteiger partial charge in [0.05, 0.1) is 19.3 Å². The minimum atomic E-state index is -0.437. The Hall–Kier alpha value is -2.98. The van der Waals surface area contributed by atoms with Gasteiger partial charge in [0.25, 0.3) is 0 Å². The molecule has 0 aliphatic carbocycles. The second kappa shape index (κ2) is 16.6. The Morgan fingerprint density at radius 2 is 1.82 bits per heavy atom. The predicted octanol–water partition coefficient (Wildman–Crippen LogP) is 7.61. The summed E-state index contributed by atoms with van der Waals surface area (Å²) < 4.78 is 11.8. The summed E-state index contributed by atoms with van der Waals surface area (Å²) in [5.74, 6) is 1.84. The topological polar surface area (TPSA) is 64.7 Å². The number of unbranched alkanes of at least 4 members (excludes halogenated alkanes) is 1. The Kier molecular flexibility index (Phi) is 14.2. The van der Waals surface area contributed by atoms with Crippen LogP contribution in [0.2, 0.25) is 0 Å². The normalized spacial score (nSPS) is 12.1. The number of benzene rings is 2. The van der Waals surface area contributed by atoms with Crippen molar-refractivity contribution in [2.24, 2.45) is 5.73 Å². The molecule has 4 heteroatoms. The maximum absolute atomic E-state index is 11.0. The average molecular weight is 466 g/mol. The molecule has 1 atom stereocenters. The summed E-state index contributed by atoms with van der Waals surface area (Å²) in [5.41, 5.74) is 10.0. The SMILES string of the molecule is C=C/C=C(\C=C/C)C(N)c1ccc(OCCCCOc2cccc(C)c2)c(CCC)c1O.CC. The lowest BCUT2D eigenvalue weighted by atomic mass is 9.94. The molecule has 1 unspecified atom stereocenters. The molecule has 2 rings (SSSR count). The highest BCUT2D eigenvalue weighted by Gasteiger charge is 2.19. The van der Waals surface area contributed by atoms with E-state index in [2.05, 4.69) is 26.5 Å². The number of aromatic hydroxyl groups is 1. The number of phenolic OH excluding ortho intramolecular Hbond substituents is 1. The van der Waals surface area contributed by atoms with Gasteiger partial charge in [0.1, 0.15) is 17.2 Å². The van der Waals surface area contributed by atoms with Gasteiger partial charge in [0.15, 0.2) is 0 Å². The monoisotopic (exact) mass is 465 g/mol. The smallest absolute Gasteiger partial charge is 0.127 e. The van der Waals surface area contributed by atoms with Gasteiger partial charge in [0, 0.05) is 11.1 Å². The molecule has 3 N–H and O–H groups in total. The maximum atomic E-state index is 11.0. The van der Waals surface area contributed by atoms with Crippen LogP contribution in [-0.4, -0.2) is 18.3 Å². The zero-order valence-electron chi connectivity index (χ0n) is 21.6. The first-order valence-corrected chi connectivity index (χ1v) is 12.4. The molecule has 0 aliphatic heterocycles. The van der Waals surface area contributed by atoms with Gasteiger partial charge in [-0.05, 0) is 68.5 Å². The van der Waals surface area contributed by atoms with Gasteiger partial charge in [-0.2, -0.15) is 0 Å². The van der Waals surface area contributed by atoms with E-state index in [1.165, 1.54) is 5.56 Å². The van der Waals surface area contributed by atoms with Gasteiger partial charge in [0.2, 0.25) is 0 Å². The molecule has 186 valence electrons. The van der Waals surface area contributed by atoms with E-state index in [0.717, 1.165) is 48.3 Å². The van der Waals surface area contributed by atoms with Crippen molar-refractivity contribution in [3.8, 4) is 17.2 Å². The lowest BCUT2D eigenvalue weighted by Crippen LogP contribution is -2.13. The fourth-order valence-corrected chi connectivity index (χ4v) is 3.57. The van der Waals surface area contributed by atoms with Crippen LogP contribution in [0.25, 0.3) is 0 Å². The largest absolute Gasteiger partial charge is 0.507 e. The summed E-state index contributed by atoms with van der Waals surface area (Å²) in [6, 6.07) is 11.4. The summed E-state index contributed by atoms with van der Waals surface area (Å²) in [4.78, 5) is 0. The van der Waals surface area contributed by atoms with Gasteiger partial charge in [-0.3, -0.25) is 0 Å². The van der Waals surface area contributed by atoms with Crippen LogP contribution in [0.15, 0.2) is 72.9 Å². The molecule has 4 nitrogen and oxygen atoms in total.